The van der Waals surface area contributed by atoms with Gasteiger partial charge in [0, 0.05) is 43.9 Å². The number of fused-ring (bicyclic) bond motifs is 1. The monoisotopic (exact) mass is 395 g/mol. The van der Waals surface area contributed by atoms with E-state index in [2.05, 4.69) is 18.7 Å². The van der Waals surface area contributed by atoms with Crippen LogP contribution in [-0.2, 0) is 17.7 Å². The first kappa shape index (κ1) is 19.5. The number of nitrogens with zero attached hydrogens (tertiary/aromatic N) is 3. The summed E-state index contributed by atoms with van der Waals surface area (Å²) in [5, 5.41) is 11.1. The van der Waals surface area contributed by atoms with Gasteiger partial charge in [-0.25, -0.2) is 0 Å². The number of carbonyl (C=O) groups excluding carboxylic acids is 1. The molecule has 0 unspecified atom stereocenters. The van der Waals surface area contributed by atoms with Crippen LogP contribution < -0.4 is 4.90 Å². The summed E-state index contributed by atoms with van der Waals surface area (Å²) in [6.45, 7) is 7.33. The molecule has 152 valence electrons. The number of rotatable bonds is 4. The maximum atomic E-state index is 13.0. The molecule has 1 saturated heterocycles. The zero-order valence-electron chi connectivity index (χ0n) is 16.7. The minimum atomic E-state index is -0.427. The van der Waals surface area contributed by atoms with Crippen molar-refractivity contribution in [3.8, 4) is 0 Å². The van der Waals surface area contributed by atoms with E-state index >= 15 is 0 Å². The first-order valence-electron chi connectivity index (χ1n) is 9.96. The summed E-state index contributed by atoms with van der Waals surface area (Å²) < 4.78 is 5.78. The highest BCUT2D eigenvalue weighted by atomic mass is 16.6. The number of non-ortho nitro benzene ring substituents is 1. The molecule has 4 rings (SSSR count). The summed E-state index contributed by atoms with van der Waals surface area (Å²) in [7, 11) is 0. The van der Waals surface area contributed by atoms with Gasteiger partial charge in [-0.05, 0) is 43.5 Å². The summed E-state index contributed by atoms with van der Waals surface area (Å²) in [5.41, 5.74) is 3.37. The lowest BCUT2D eigenvalue weighted by atomic mass is 10.1. The van der Waals surface area contributed by atoms with Gasteiger partial charge in [-0.3, -0.25) is 19.8 Å². The van der Waals surface area contributed by atoms with Crippen LogP contribution >= 0.6 is 0 Å². The molecule has 1 amide bonds. The van der Waals surface area contributed by atoms with Gasteiger partial charge in [0.15, 0.2) is 0 Å². The Kier molecular flexibility index (Phi) is 5.34. The zero-order chi connectivity index (χ0) is 20.5. The molecule has 0 N–H and O–H groups in total. The van der Waals surface area contributed by atoms with E-state index in [9.17, 15) is 14.9 Å². The number of nitro groups is 1. The van der Waals surface area contributed by atoms with Crippen molar-refractivity contribution in [2.24, 2.45) is 0 Å². The lowest BCUT2D eigenvalue weighted by Crippen LogP contribution is -2.44. The smallest absolute Gasteiger partial charge is 0.271 e. The second kappa shape index (κ2) is 7.93. The topological polar surface area (TPSA) is 75.9 Å². The summed E-state index contributed by atoms with van der Waals surface area (Å²) in [5.74, 6) is -0.121. The van der Waals surface area contributed by atoms with Gasteiger partial charge in [-0.1, -0.05) is 18.2 Å². The van der Waals surface area contributed by atoms with E-state index in [1.54, 1.807) is 11.0 Å². The Morgan fingerprint density at radius 3 is 2.48 bits per heavy atom. The average molecular weight is 395 g/mol. The summed E-state index contributed by atoms with van der Waals surface area (Å²) in [6.07, 6.45) is 1.16. The van der Waals surface area contributed by atoms with Crippen LogP contribution in [0.3, 0.4) is 0 Å². The number of anilines is 1. The van der Waals surface area contributed by atoms with E-state index in [0.717, 1.165) is 30.8 Å². The van der Waals surface area contributed by atoms with Crippen molar-refractivity contribution in [2.75, 3.05) is 24.5 Å². The van der Waals surface area contributed by atoms with E-state index in [4.69, 9.17) is 4.74 Å². The first-order chi connectivity index (χ1) is 13.9. The van der Waals surface area contributed by atoms with Crippen molar-refractivity contribution >= 4 is 17.3 Å². The van der Waals surface area contributed by atoms with E-state index in [1.165, 1.54) is 12.1 Å². The summed E-state index contributed by atoms with van der Waals surface area (Å²) >= 11 is 0. The molecule has 2 heterocycles. The largest absolute Gasteiger partial charge is 0.373 e. The fourth-order valence-electron chi connectivity index (χ4n) is 4.27. The molecule has 0 saturated carbocycles. The number of morpholine rings is 1. The standard InChI is InChI=1S/C22H25N3O4/c1-15-12-23(13-16(2)29-15)14-17-3-5-19(6-4-17)22(26)24-10-9-18-7-8-20(25(27)28)11-21(18)24/h3-8,11,15-16H,9-10,12-14H2,1-2H3/t15-,16-/m1/s1. The third-order valence-corrected chi connectivity index (χ3v) is 5.52. The van der Waals surface area contributed by atoms with E-state index in [-0.39, 0.29) is 23.8 Å². The molecule has 1 fully saturated rings. The van der Waals surface area contributed by atoms with Crippen LogP contribution in [-0.4, -0.2) is 47.6 Å². The normalized spacial score (nSPS) is 21.8. The Morgan fingerprint density at radius 2 is 1.83 bits per heavy atom. The van der Waals surface area contributed by atoms with Gasteiger partial charge in [-0.15, -0.1) is 0 Å². The van der Waals surface area contributed by atoms with Crippen LogP contribution in [0.2, 0.25) is 0 Å². The van der Waals surface area contributed by atoms with E-state index in [0.29, 0.717) is 24.2 Å². The molecule has 2 aromatic carbocycles. The number of benzene rings is 2. The van der Waals surface area contributed by atoms with Gasteiger partial charge in [0.2, 0.25) is 0 Å². The second-order valence-electron chi connectivity index (χ2n) is 7.93. The molecular formula is C22H25N3O4. The van der Waals surface area contributed by atoms with Gasteiger partial charge in [0.1, 0.15) is 0 Å². The Morgan fingerprint density at radius 1 is 1.14 bits per heavy atom. The average Bonchev–Trinajstić information content (AvgIpc) is 3.10. The van der Waals surface area contributed by atoms with Crippen LogP contribution in [0.1, 0.15) is 35.3 Å². The first-order valence-corrected chi connectivity index (χ1v) is 9.96. The Bertz CT molecular complexity index is 918. The van der Waals surface area contributed by atoms with Crippen LogP contribution in [0, 0.1) is 10.1 Å². The van der Waals surface area contributed by atoms with Crippen molar-refractivity contribution in [2.45, 2.75) is 39.0 Å². The molecule has 2 atom stereocenters. The minimum absolute atomic E-state index is 0.00719. The molecule has 0 bridgehead atoms. The van der Waals surface area contributed by atoms with Crippen LogP contribution in [0.5, 0.6) is 0 Å². The number of amides is 1. The van der Waals surface area contributed by atoms with Crippen LogP contribution in [0.4, 0.5) is 11.4 Å². The molecule has 7 heteroatoms. The molecular weight excluding hydrogens is 370 g/mol. The quantitative estimate of drug-likeness (QED) is 0.586. The molecule has 0 aromatic heterocycles. The molecule has 29 heavy (non-hydrogen) atoms. The SMILES string of the molecule is C[C@@H]1CN(Cc2ccc(C(=O)N3CCc4ccc([N+](=O)[O-])cc43)cc2)C[C@@H](C)O1. The summed E-state index contributed by atoms with van der Waals surface area (Å²) in [6, 6.07) is 12.4. The fourth-order valence-corrected chi connectivity index (χ4v) is 4.27. The van der Waals surface area contributed by atoms with E-state index in [1.807, 2.05) is 24.3 Å². The third kappa shape index (κ3) is 4.16. The summed E-state index contributed by atoms with van der Waals surface area (Å²) in [4.78, 5) is 27.7. The van der Waals surface area contributed by atoms with Crippen LogP contribution in [0.25, 0.3) is 0 Å². The van der Waals surface area contributed by atoms with E-state index < -0.39 is 4.92 Å². The Hall–Kier alpha value is -2.77. The fraction of sp³-hybridized carbons (Fsp3) is 0.409. The van der Waals surface area contributed by atoms with Crippen molar-refractivity contribution in [1.82, 2.24) is 4.90 Å². The van der Waals surface area contributed by atoms with Gasteiger partial charge in [0.05, 0.1) is 22.8 Å². The van der Waals surface area contributed by atoms with Gasteiger partial charge in [-0.2, -0.15) is 0 Å². The lowest BCUT2D eigenvalue weighted by Gasteiger charge is -2.35. The Balaban J connectivity index is 1.47. The van der Waals surface area contributed by atoms with Crippen LogP contribution in [0.15, 0.2) is 42.5 Å². The molecule has 7 nitrogen and oxygen atoms in total. The number of carbonyl (C=O) groups is 1. The van der Waals surface area contributed by atoms with Crippen molar-refractivity contribution in [1.29, 1.82) is 0 Å². The zero-order valence-corrected chi connectivity index (χ0v) is 16.7. The lowest BCUT2D eigenvalue weighted by molar-refractivity contribution is -0.384. The highest BCUT2D eigenvalue weighted by Crippen LogP contribution is 2.32. The third-order valence-electron chi connectivity index (χ3n) is 5.52. The maximum absolute atomic E-state index is 13.0. The maximum Gasteiger partial charge on any atom is 0.271 e. The van der Waals surface area contributed by atoms with Crippen molar-refractivity contribution in [3.05, 3.63) is 69.3 Å². The van der Waals surface area contributed by atoms with Gasteiger partial charge >= 0.3 is 0 Å². The predicted molar refractivity (Wildman–Crippen MR) is 110 cm³/mol. The number of nitro benzene ring substituents is 1. The molecule has 2 aliphatic rings. The molecule has 2 aromatic rings. The highest BCUT2D eigenvalue weighted by Gasteiger charge is 2.28. The molecule has 0 spiro atoms. The van der Waals surface area contributed by atoms with Gasteiger partial charge in [0.25, 0.3) is 11.6 Å². The molecule has 2 aliphatic heterocycles. The second-order valence-corrected chi connectivity index (χ2v) is 7.93. The molecule has 0 aliphatic carbocycles. The predicted octanol–water partition coefficient (Wildman–Crippen LogP) is 3.41. The number of hydrogen-bond acceptors (Lipinski definition) is 5. The Labute approximate surface area is 170 Å². The number of ether oxygens (including phenoxy) is 1. The minimum Gasteiger partial charge on any atom is -0.373 e. The van der Waals surface area contributed by atoms with Crippen molar-refractivity contribution < 1.29 is 14.5 Å². The highest BCUT2D eigenvalue weighted by molar-refractivity contribution is 6.07. The number of hydrogen-bond donors (Lipinski definition) is 0. The van der Waals surface area contributed by atoms with Gasteiger partial charge < -0.3 is 9.64 Å². The van der Waals surface area contributed by atoms with Crippen molar-refractivity contribution in [3.63, 3.8) is 0 Å². The molecule has 0 radical (unpaired) electrons.